The quantitative estimate of drug-likeness (QED) is 0.537. The van der Waals surface area contributed by atoms with Crippen molar-refractivity contribution >= 4 is 43.3 Å². The Balaban J connectivity index is 2.19. The number of sulfone groups is 1. The molecule has 3 rings (SSSR count). The SMILES string of the molecule is CCOc1ccc2c(c1)sc(=NC(=O)c1ccccc1S(C)(=O)=O)n2CC(=O)OC. The summed E-state index contributed by atoms with van der Waals surface area (Å²) in [6.07, 6.45) is 1.03. The fraction of sp³-hybridized carbons (Fsp3) is 0.250. The van der Waals surface area contributed by atoms with Gasteiger partial charge in [0.05, 0.1) is 34.4 Å². The molecule has 1 amide bonds. The maximum Gasteiger partial charge on any atom is 0.325 e. The fourth-order valence-corrected chi connectivity index (χ4v) is 4.79. The Hall–Kier alpha value is -2.98. The summed E-state index contributed by atoms with van der Waals surface area (Å²) in [7, 11) is -2.34. The average molecular weight is 449 g/mol. The van der Waals surface area contributed by atoms with Crippen LogP contribution >= 0.6 is 11.3 Å². The third-order valence-corrected chi connectivity index (χ3v) is 6.39. The van der Waals surface area contributed by atoms with Crippen LogP contribution in [-0.4, -0.2) is 44.8 Å². The van der Waals surface area contributed by atoms with Crippen LogP contribution in [0.5, 0.6) is 5.75 Å². The molecule has 10 heteroatoms. The molecule has 0 saturated carbocycles. The topological polar surface area (TPSA) is 104 Å². The molecule has 3 aromatic rings. The van der Waals surface area contributed by atoms with Gasteiger partial charge >= 0.3 is 5.97 Å². The molecule has 0 fully saturated rings. The van der Waals surface area contributed by atoms with Gasteiger partial charge in [-0.05, 0) is 37.3 Å². The lowest BCUT2D eigenvalue weighted by Crippen LogP contribution is -2.22. The van der Waals surface area contributed by atoms with Crippen molar-refractivity contribution in [2.45, 2.75) is 18.4 Å². The van der Waals surface area contributed by atoms with Crippen LogP contribution in [0.15, 0.2) is 52.4 Å². The van der Waals surface area contributed by atoms with Gasteiger partial charge in [0.15, 0.2) is 14.6 Å². The van der Waals surface area contributed by atoms with Crippen molar-refractivity contribution in [1.29, 1.82) is 0 Å². The smallest absolute Gasteiger partial charge is 0.325 e. The van der Waals surface area contributed by atoms with Gasteiger partial charge in [0.2, 0.25) is 0 Å². The first-order valence-corrected chi connectivity index (χ1v) is 11.7. The molecule has 0 N–H and O–H groups in total. The molecule has 8 nitrogen and oxygen atoms in total. The molecule has 0 bridgehead atoms. The van der Waals surface area contributed by atoms with Gasteiger partial charge in [-0.25, -0.2) is 8.42 Å². The van der Waals surface area contributed by atoms with E-state index >= 15 is 0 Å². The number of esters is 1. The second kappa shape index (κ2) is 8.80. The molecule has 30 heavy (non-hydrogen) atoms. The van der Waals surface area contributed by atoms with Crippen LogP contribution in [-0.2, 0) is 25.9 Å². The van der Waals surface area contributed by atoms with Crippen molar-refractivity contribution in [2.24, 2.45) is 4.99 Å². The zero-order valence-electron chi connectivity index (χ0n) is 16.6. The average Bonchev–Trinajstić information content (AvgIpc) is 3.03. The van der Waals surface area contributed by atoms with Crippen molar-refractivity contribution < 1.29 is 27.5 Å². The van der Waals surface area contributed by atoms with Crippen LogP contribution in [0.1, 0.15) is 17.3 Å². The molecule has 0 radical (unpaired) electrons. The Kier molecular flexibility index (Phi) is 6.37. The van der Waals surface area contributed by atoms with Gasteiger partial charge in [0, 0.05) is 6.26 Å². The Bertz CT molecular complexity index is 1290. The van der Waals surface area contributed by atoms with Crippen LogP contribution in [0.4, 0.5) is 0 Å². The molecule has 0 aliphatic rings. The number of ether oxygens (including phenoxy) is 2. The summed E-state index contributed by atoms with van der Waals surface area (Å²) in [5, 5.41) is 0. The van der Waals surface area contributed by atoms with E-state index in [1.807, 2.05) is 6.92 Å². The van der Waals surface area contributed by atoms with E-state index in [-0.39, 0.29) is 21.8 Å². The largest absolute Gasteiger partial charge is 0.494 e. The summed E-state index contributed by atoms with van der Waals surface area (Å²) in [4.78, 5) is 29.1. The van der Waals surface area contributed by atoms with Gasteiger partial charge in [-0.1, -0.05) is 23.5 Å². The third kappa shape index (κ3) is 4.60. The Morgan fingerprint density at radius 3 is 2.57 bits per heavy atom. The number of hydrogen-bond donors (Lipinski definition) is 0. The number of carbonyl (C=O) groups is 2. The molecule has 1 heterocycles. The summed E-state index contributed by atoms with van der Waals surface area (Å²) in [5.41, 5.74) is 0.647. The number of carbonyl (C=O) groups excluding carboxylic acids is 2. The predicted octanol–water partition coefficient (Wildman–Crippen LogP) is 2.42. The standard InChI is InChI=1S/C20H20N2O6S2/c1-4-28-13-9-10-15-16(11-13)29-20(22(15)12-18(23)27-2)21-19(24)14-7-5-6-8-17(14)30(3,25)26/h5-11H,4,12H2,1-3H3. The molecule has 0 atom stereocenters. The number of aromatic nitrogens is 1. The van der Waals surface area contributed by atoms with Crippen molar-refractivity contribution in [3.05, 3.63) is 52.8 Å². The van der Waals surface area contributed by atoms with Gasteiger partial charge in [0.1, 0.15) is 12.3 Å². The molecule has 0 unspecified atom stereocenters. The highest BCUT2D eigenvalue weighted by Gasteiger charge is 2.19. The van der Waals surface area contributed by atoms with Crippen molar-refractivity contribution in [3.63, 3.8) is 0 Å². The van der Waals surface area contributed by atoms with E-state index in [9.17, 15) is 18.0 Å². The number of fused-ring (bicyclic) bond motifs is 1. The van der Waals surface area contributed by atoms with E-state index in [0.29, 0.717) is 17.9 Å². The molecule has 1 aromatic heterocycles. The van der Waals surface area contributed by atoms with Gasteiger partial charge < -0.3 is 14.0 Å². The van der Waals surface area contributed by atoms with Crippen LogP contribution in [0, 0.1) is 0 Å². The second-order valence-corrected chi connectivity index (χ2v) is 9.29. The van der Waals surface area contributed by atoms with Crippen LogP contribution < -0.4 is 9.54 Å². The van der Waals surface area contributed by atoms with Crippen molar-refractivity contribution in [1.82, 2.24) is 4.57 Å². The fourth-order valence-electron chi connectivity index (χ4n) is 2.86. The summed E-state index contributed by atoms with van der Waals surface area (Å²) in [6.45, 7) is 2.22. The maximum atomic E-state index is 12.9. The normalized spacial score (nSPS) is 12.2. The number of methoxy groups -OCH3 is 1. The molecule has 0 aliphatic heterocycles. The molecular weight excluding hydrogens is 428 g/mol. The first-order valence-electron chi connectivity index (χ1n) is 8.95. The summed E-state index contributed by atoms with van der Waals surface area (Å²) >= 11 is 1.19. The molecule has 0 aliphatic carbocycles. The monoisotopic (exact) mass is 448 g/mol. The lowest BCUT2D eigenvalue weighted by atomic mass is 10.2. The van der Waals surface area contributed by atoms with Crippen molar-refractivity contribution in [3.8, 4) is 5.75 Å². The van der Waals surface area contributed by atoms with Crippen LogP contribution in [0.3, 0.4) is 0 Å². The number of amides is 1. The predicted molar refractivity (Wildman–Crippen MR) is 112 cm³/mol. The Morgan fingerprint density at radius 2 is 1.90 bits per heavy atom. The van der Waals surface area contributed by atoms with Gasteiger partial charge in [-0.15, -0.1) is 0 Å². The van der Waals surface area contributed by atoms with E-state index in [0.717, 1.165) is 11.0 Å². The highest BCUT2D eigenvalue weighted by molar-refractivity contribution is 7.90. The van der Waals surface area contributed by atoms with Crippen LogP contribution in [0.25, 0.3) is 10.2 Å². The highest BCUT2D eigenvalue weighted by Crippen LogP contribution is 2.24. The van der Waals surface area contributed by atoms with E-state index in [1.54, 1.807) is 34.9 Å². The molecular formula is C20H20N2O6S2. The summed E-state index contributed by atoms with van der Waals surface area (Å²) in [5.74, 6) is -0.572. The molecule has 2 aromatic carbocycles. The number of thiazole rings is 1. The van der Waals surface area contributed by atoms with Crippen LogP contribution in [0.2, 0.25) is 0 Å². The first kappa shape index (κ1) is 21.7. The number of hydrogen-bond acceptors (Lipinski definition) is 7. The van der Waals surface area contributed by atoms with E-state index in [1.165, 1.54) is 30.6 Å². The summed E-state index contributed by atoms with van der Waals surface area (Å²) in [6, 6.07) is 11.2. The highest BCUT2D eigenvalue weighted by atomic mass is 32.2. The van der Waals surface area contributed by atoms with E-state index < -0.39 is 21.7 Å². The number of nitrogens with zero attached hydrogens (tertiary/aromatic N) is 2. The number of rotatable bonds is 6. The third-order valence-electron chi connectivity index (χ3n) is 4.19. The van der Waals surface area contributed by atoms with Crippen molar-refractivity contribution in [2.75, 3.05) is 20.0 Å². The zero-order chi connectivity index (χ0) is 21.9. The number of benzene rings is 2. The zero-order valence-corrected chi connectivity index (χ0v) is 18.2. The minimum Gasteiger partial charge on any atom is -0.494 e. The van der Waals surface area contributed by atoms with E-state index in [4.69, 9.17) is 9.47 Å². The Morgan fingerprint density at radius 1 is 1.17 bits per heavy atom. The van der Waals surface area contributed by atoms with Gasteiger partial charge in [-0.2, -0.15) is 4.99 Å². The van der Waals surface area contributed by atoms with Gasteiger partial charge in [0.25, 0.3) is 5.91 Å². The molecule has 0 spiro atoms. The second-order valence-electron chi connectivity index (χ2n) is 6.29. The molecule has 158 valence electrons. The van der Waals surface area contributed by atoms with E-state index in [2.05, 4.69) is 4.99 Å². The first-order chi connectivity index (χ1) is 14.2. The minimum absolute atomic E-state index is 0.0305. The maximum absolute atomic E-state index is 12.9. The lowest BCUT2D eigenvalue weighted by Gasteiger charge is -2.06. The molecule has 0 saturated heterocycles. The summed E-state index contributed by atoms with van der Waals surface area (Å²) < 4.78 is 36.6. The van der Waals surface area contributed by atoms with Gasteiger partial charge in [-0.3, -0.25) is 9.59 Å². The lowest BCUT2D eigenvalue weighted by molar-refractivity contribution is -0.141. The Labute approximate surface area is 177 Å². The minimum atomic E-state index is -3.62.